The van der Waals surface area contributed by atoms with E-state index in [1.54, 1.807) is 4.98 Å². The molecule has 0 bridgehead atoms. The van der Waals surface area contributed by atoms with E-state index < -0.39 is 17.1 Å². The molecule has 0 aliphatic heterocycles. The van der Waals surface area contributed by atoms with Crippen molar-refractivity contribution in [2.24, 2.45) is 0 Å². The van der Waals surface area contributed by atoms with Crippen LogP contribution in [0.5, 0.6) is 0 Å². The summed E-state index contributed by atoms with van der Waals surface area (Å²) in [5.41, 5.74) is -1.86. The summed E-state index contributed by atoms with van der Waals surface area (Å²) < 4.78 is 12.0. The van der Waals surface area contributed by atoms with Gasteiger partial charge in [-0.3, -0.25) is 9.59 Å². The number of nitrogens with one attached hydrogen (secondary N) is 1. The van der Waals surface area contributed by atoms with Crippen molar-refractivity contribution in [3.05, 3.63) is 32.9 Å². The molecule has 10 heavy (non-hydrogen) atoms. The molecule has 1 rings (SSSR count). The van der Waals surface area contributed by atoms with Gasteiger partial charge in [-0.25, -0.2) is 4.39 Å². The van der Waals surface area contributed by atoms with Crippen LogP contribution in [0.15, 0.2) is 15.8 Å². The first-order valence-corrected chi connectivity index (χ1v) is 2.12. The van der Waals surface area contributed by atoms with Gasteiger partial charge in [0.25, 0.3) is 0 Å². The van der Waals surface area contributed by atoms with E-state index in [2.05, 4.69) is 4.98 Å². The number of H-pyrrole nitrogens is 1. The van der Waals surface area contributed by atoms with E-state index in [-0.39, 0.29) is 22.4 Å². The molecule has 1 N–H and O–H groups in total. The van der Waals surface area contributed by atoms with Gasteiger partial charge >= 0.3 is 22.4 Å². The average Bonchev–Trinajstić information content (AvgIpc) is 1.80. The maximum Gasteiger partial charge on any atom is 1.00 e. The van der Waals surface area contributed by atoms with Crippen LogP contribution >= 0.6 is 0 Å². The summed E-state index contributed by atoms with van der Waals surface area (Å²) in [5.74, 6) is -1.05. The number of nitrogens with zero attached hydrogens (tertiary/aromatic N) is 1. The van der Waals surface area contributed by atoms with Gasteiger partial charge in [0.05, 0.1) is 0 Å². The van der Waals surface area contributed by atoms with E-state index in [1.165, 1.54) is 0 Å². The third-order valence-corrected chi connectivity index (χ3v) is 0.733. The van der Waals surface area contributed by atoms with E-state index in [4.69, 9.17) is 0 Å². The van der Waals surface area contributed by atoms with Crippen LogP contribution < -0.4 is 16.2 Å². The predicted molar refractivity (Wildman–Crippen MR) is 26.6 cm³/mol. The molecule has 1 heterocycles. The van der Waals surface area contributed by atoms with Crippen LogP contribution in [-0.4, -0.2) is 4.98 Å². The Morgan fingerprint density at radius 3 is 2.50 bits per heavy atom. The quantitative estimate of drug-likeness (QED) is 0.578. The molecule has 4 nitrogen and oxygen atoms in total. The molecule has 0 unspecified atom stereocenters. The summed E-state index contributed by atoms with van der Waals surface area (Å²) in [5, 5.41) is 0. The third kappa shape index (κ3) is 1.94. The first-order chi connectivity index (χ1) is 4.20. The van der Waals surface area contributed by atoms with Crippen LogP contribution in [-0.2, 0) is 22.4 Å². The molecule has 0 saturated carbocycles. The molecule has 0 spiro atoms. The molecule has 0 aliphatic carbocycles. The minimum Gasteiger partial charge on any atom is -0.404 e. The Kier molecular flexibility index (Phi) is 3.27. The maximum absolute atomic E-state index is 12.0. The number of rotatable bonds is 0. The Bertz CT molecular complexity index is 318. The van der Waals surface area contributed by atoms with E-state index >= 15 is 0 Å². The van der Waals surface area contributed by atoms with Gasteiger partial charge in [-0.1, -0.05) is 0 Å². The molecule has 0 atom stereocenters. The fourth-order valence-corrected chi connectivity index (χ4v) is 0.363. The first kappa shape index (κ1) is 9.35. The SMILES string of the molecule is O=c1[n-]cc(F)c(=O)[nH]1.[Ag+]. The second-order valence-electron chi connectivity index (χ2n) is 1.37. The normalized spacial score (nSPS) is 8.50. The molecule has 0 saturated heterocycles. The molecule has 6 heteroatoms. The molecule has 0 radical (unpaired) electrons. The van der Waals surface area contributed by atoms with E-state index in [9.17, 15) is 14.0 Å². The molecule has 0 aromatic carbocycles. The number of hydrogen-bond donors (Lipinski definition) is 1. The minimum absolute atomic E-state index is 0. The Hall–Kier alpha value is -0.650. The van der Waals surface area contributed by atoms with Gasteiger partial charge in [0.1, 0.15) is 0 Å². The third-order valence-electron chi connectivity index (χ3n) is 0.733. The molecule has 1 aromatic rings. The van der Waals surface area contributed by atoms with Gasteiger partial charge in [-0.05, 0) is 6.20 Å². The van der Waals surface area contributed by atoms with Gasteiger partial charge in [0.15, 0.2) is 11.5 Å². The predicted octanol–water partition coefficient (Wildman–Crippen LogP) is -1.17. The van der Waals surface area contributed by atoms with Gasteiger partial charge in [-0.15, -0.1) is 0 Å². The molecular formula is C4H2AgFN2O2. The minimum atomic E-state index is -1.05. The standard InChI is InChI=1S/C4H3FN2O2.Ag/c5-2-1-6-4(9)7-3(2)8;/h1H,(H2,6,7,8,9);/q;+1/p-1. The van der Waals surface area contributed by atoms with Crippen LogP contribution in [0.25, 0.3) is 0 Å². The van der Waals surface area contributed by atoms with Gasteiger partial charge < -0.3 is 9.97 Å². The van der Waals surface area contributed by atoms with Crippen LogP contribution in [0.2, 0.25) is 0 Å². The number of halogens is 1. The summed E-state index contributed by atoms with van der Waals surface area (Å²) >= 11 is 0. The molecular weight excluding hydrogens is 235 g/mol. The van der Waals surface area contributed by atoms with Crippen LogP contribution in [0, 0.1) is 5.82 Å². The molecule has 1 aromatic heterocycles. The van der Waals surface area contributed by atoms with Gasteiger partial charge in [-0.2, -0.15) is 0 Å². The van der Waals surface area contributed by atoms with E-state index in [0.717, 1.165) is 0 Å². The van der Waals surface area contributed by atoms with Crippen LogP contribution in [0.1, 0.15) is 0 Å². The smallest absolute Gasteiger partial charge is 0.404 e. The number of aromatic nitrogens is 2. The van der Waals surface area contributed by atoms with Crippen molar-refractivity contribution < 1.29 is 26.8 Å². The van der Waals surface area contributed by atoms with Crippen molar-refractivity contribution in [3.63, 3.8) is 0 Å². The van der Waals surface area contributed by atoms with Crippen molar-refractivity contribution in [2.45, 2.75) is 0 Å². The Morgan fingerprint density at radius 2 is 2.10 bits per heavy atom. The summed E-state index contributed by atoms with van der Waals surface area (Å²) in [6.07, 6.45) is 0.584. The Balaban J connectivity index is 0.000000810. The molecule has 0 fully saturated rings. The first-order valence-electron chi connectivity index (χ1n) is 2.12. The summed E-state index contributed by atoms with van der Waals surface area (Å²) in [6, 6.07) is 0. The topological polar surface area (TPSA) is 64.0 Å². The molecule has 58 valence electrons. The van der Waals surface area contributed by atoms with Crippen molar-refractivity contribution in [1.82, 2.24) is 9.97 Å². The monoisotopic (exact) mass is 236 g/mol. The fraction of sp³-hybridized carbons (Fsp3) is 0. The van der Waals surface area contributed by atoms with Crippen molar-refractivity contribution in [2.75, 3.05) is 0 Å². The zero-order valence-corrected chi connectivity index (χ0v) is 6.00. The second kappa shape index (κ2) is 3.50. The number of hydrogen-bond acceptors (Lipinski definition) is 2. The summed E-state index contributed by atoms with van der Waals surface area (Å²) in [4.78, 5) is 24.9. The van der Waals surface area contributed by atoms with Crippen molar-refractivity contribution >= 4 is 0 Å². The Labute approximate surface area is 70.0 Å². The molecule has 0 aliphatic rings. The fourth-order valence-electron chi connectivity index (χ4n) is 0.363. The molecule has 0 amide bonds. The van der Waals surface area contributed by atoms with Gasteiger partial charge in [0, 0.05) is 0 Å². The zero-order valence-electron chi connectivity index (χ0n) is 4.52. The number of aromatic amines is 1. The van der Waals surface area contributed by atoms with E-state index in [0.29, 0.717) is 6.20 Å². The summed E-state index contributed by atoms with van der Waals surface area (Å²) in [7, 11) is 0. The largest absolute Gasteiger partial charge is 1.00 e. The van der Waals surface area contributed by atoms with Crippen LogP contribution in [0.3, 0.4) is 0 Å². The van der Waals surface area contributed by atoms with E-state index in [1.807, 2.05) is 0 Å². The Morgan fingerprint density at radius 1 is 1.50 bits per heavy atom. The average molecular weight is 237 g/mol. The second-order valence-corrected chi connectivity index (χ2v) is 1.37. The zero-order chi connectivity index (χ0) is 6.85. The van der Waals surface area contributed by atoms with Crippen molar-refractivity contribution in [1.29, 1.82) is 0 Å². The van der Waals surface area contributed by atoms with Crippen molar-refractivity contribution in [3.8, 4) is 0 Å². The summed E-state index contributed by atoms with van der Waals surface area (Å²) in [6.45, 7) is 0. The van der Waals surface area contributed by atoms with Gasteiger partial charge in [0.2, 0.25) is 5.56 Å². The maximum atomic E-state index is 12.0. The van der Waals surface area contributed by atoms with Crippen LogP contribution in [0.4, 0.5) is 4.39 Å².